The summed E-state index contributed by atoms with van der Waals surface area (Å²) in [6.07, 6.45) is 0. The summed E-state index contributed by atoms with van der Waals surface area (Å²) in [4.78, 5) is 14.7. The van der Waals surface area contributed by atoms with Gasteiger partial charge in [0, 0.05) is 23.3 Å². The molecule has 0 aliphatic rings. The van der Waals surface area contributed by atoms with Crippen LogP contribution in [0.4, 0.5) is 5.69 Å². The number of hydrogen-bond acceptors (Lipinski definition) is 3. The Morgan fingerprint density at radius 1 is 1.08 bits per heavy atom. The van der Waals surface area contributed by atoms with E-state index in [4.69, 9.17) is 0 Å². The standard InChI is InChI=1S/C20H26N2O3S/c1-6-22(17-9-7-8-15(2)14-17)19(23)16-10-12-18(13-11-16)26(24,25)21-20(3,4)5/h7-14,21H,6H2,1-5H3. The lowest BCUT2D eigenvalue weighted by molar-refractivity contribution is 0.0988. The van der Waals surface area contributed by atoms with Crippen LogP contribution in [-0.2, 0) is 10.0 Å². The van der Waals surface area contributed by atoms with Gasteiger partial charge >= 0.3 is 0 Å². The van der Waals surface area contributed by atoms with E-state index in [0.29, 0.717) is 12.1 Å². The van der Waals surface area contributed by atoms with E-state index < -0.39 is 15.6 Å². The molecule has 0 aromatic heterocycles. The topological polar surface area (TPSA) is 66.5 Å². The molecule has 0 bridgehead atoms. The number of hydrogen-bond donors (Lipinski definition) is 1. The molecule has 26 heavy (non-hydrogen) atoms. The Hall–Kier alpha value is -2.18. The van der Waals surface area contributed by atoms with Crippen LogP contribution < -0.4 is 9.62 Å². The summed E-state index contributed by atoms with van der Waals surface area (Å²) in [6.45, 7) is 9.75. The molecule has 140 valence electrons. The van der Waals surface area contributed by atoms with Crippen molar-refractivity contribution in [3.05, 3.63) is 59.7 Å². The first-order valence-electron chi connectivity index (χ1n) is 8.56. The third-order valence-electron chi connectivity index (χ3n) is 3.73. The number of amides is 1. The zero-order valence-corrected chi connectivity index (χ0v) is 16.7. The van der Waals surface area contributed by atoms with Gasteiger partial charge in [0.1, 0.15) is 0 Å². The Balaban J connectivity index is 2.28. The zero-order chi connectivity index (χ0) is 19.5. The summed E-state index contributed by atoms with van der Waals surface area (Å²) in [6, 6.07) is 13.8. The highest BCUT2D eigenvalue weighted by molar-refractivity contribution is 7.89. The molecule has 2 aromatic carbocycles. The van der Waals surface area contributed by atoms with Crippen LogP contribution in [-0.4, -0.2) is 26.4 Å². The van der Waals surface area contributed by atoms with Crippen LogP contribution in [0.15, 0.2) is 53.4 Å². The Kier molecular flexibility index (Phi) is 5.88. The maximum atomic E-state index is 12.8. The van der Waals surface area contributed by atoms with Gasteiger partial charge in [-0.15, -0.1) is 0 Å². The third-order valence-corrected chi connectivity index (χ3v) is 5.50. The summed E-state index contributed by atoms with van der Waals surface area (Å²) in [5.41, 5.74) is 1.77. The molecule has 1 amide bonds. The van der Waals surface area contributed by atoms with Crippen molar-refractivity contribution in [3.63, 3.8) is 0 Å². The second-order valence-electron chi connectivity index (χ2n) is 7.27. The number of carbonyl (C=O) groups is 1. The van der Waals surface area contributed by atoms with E-state index in [1.807, 2.05) is 38.1 Å². The first-order chi connectivity index (χ1) is 12.0. The van der Waals surface area contributed by atoms with E-state index in [1.165, 1.54) is 12.1 Å². The molecule has 0 spiro atoms. The molecule has 2 aromatic rings. The first-order valence-corrected chi connectivity index (χ1v) is 10.0. The van der Waals surface area contributed by atoms with Crippen LogP contribution in [0, 0.1) is 6.92 Å². The van der Waals surface area contributed by atoms with Crippen molar-refractivity contribution < 1.29 is 13.2 Å². The normalized spacial score (nSPS) is 12.0. The Bertz CT molecular complexity index is 882. The third kappa shape index (κ3) is 4.93. The van der Waals surface area contributed by atoms with Crippen molar-refractivity contribution in [2.24, 2.45) is 0 Å². The fourth-order valence-corrected chi connectivity index (χ4v) is 4.05. The minimum Gasteiger partial charge on any atom is -0.309 e. The van der Waals surface area contributed by atoms with Gasteiger partial charge in [-0.05, 0) is 76.6 Å². The first kappa shape index (κ1) is 20.1. The maximum Gasteiger partial charge on any atom is 0.258 e. The molecule has 1 N–H and O–H groups in total. The van der Waals surface area contributed by atoms with Gasteiger partial charge in [0.2, 0.25) is 10.0 Å². The van der Waals surface area contributed by atoms with Crippen LogP contribution in [0.5, 0.6) is 0 Å². The number of benzene rings is 2. The molecule has 0 unspecified atom stereocenters. The van der Waals surface area contributed by atoms with Gasteiger partial charge in [0.15, 0.2) is 0 Å². The largest absolute Gasteiger partial charge is 0.309 e. The Morgan fingerprint density at radius 3 is 2.19 bits per heavy atom. The smallest absolute Gasteiger partial charge is 0.258 e. The molecule has 0 heterocycles. The minimum absolute atomic E-state index is 0.141. The lowest BCUT2D eigenvalue weighted by Crippen LogP contribution is -2.40. The zero-order valence-electron chi connectivity index (χ0n) is 15.9. The highest BCUT2D eigenvalue weighted by Gasteiger charge is 2.23. The molecule has 6 heteroatoms. The lowest BCUT2D eigenvalue weighted by atomic mass is 10.1. The maximum absolute atomic E-state index is 12.8. The average Bonchev–Trinajstić information content (AvgIpc) is 2.53. The molecule has 0 atom stereocenters. The van der Waals surface area contributed by atoms with E-state index >= 15 is 0 Å². The second kappa shape index (κ2) is 7.60. The van der Waals surface area contributed by atoms with E-state index in [2.05, 4.69) is 4.72 Å². The number of sulfonamides is 1. The molecule has 5 nitrogen and oxygen atoms in total. The predicted molar refractivity (Wildman–Crippen MR) is 105 cm³/mol. The van der Waals surface area contributed by atoms with Crippen LogP contribution in [0.3, 0.4) is 0 Å². The van der Waals surface area contributed by atoms with Crippen molar-refractivity contribution >= 4 is 21.6 Å². The predicted octanol–water partition coefficient (Wildman–Crippen LogP) is 3.74. The second-order valence-corrected chi connectivity index (χ2v) is 8.95. The van der Waals surface area contributed by atoms with Gasteiger partial charge < -0.3 is 4.90 Å². The molecular weight excluding hydrogens is 348 g/mol. The Morgan fingerprint density at radius 2 is 1.69 bits per heavy atom. The molecule has 0 aliphatic carbocycles. The van der Waals surface area contributed by atoms with Gasteiger partial charge in [0.05, 0.1) is 4.90 Å². The average molecular weight is 375 g/mol. The highest BCUT2D eigenvalue weighted by atomic mass is 32.2. The van der Waals surface area contributed by atoms with Crippen molar-refractivity contribution in [1.82, 2.24) is 4.72 Å². The fraction of sp³-hybridized carbons (Fsp3) is 0.350. The van der Waals surface area contributed by atoms with Gasteiger partial charge in [-0.1, -0.05) is 12.1 Å². The quantitative estimate of drug-likeness (QED) is 0.867. The van der Waals surface area contributed by atoms with Crippen LogP contribution in [0.25, 0.3) is 0 Å². The lowest BCUT2D eigenvalue weighted by Gasteiger charge is -2.22. The van der Waals surface area contributed by atoms with E-state index in [1.54, 1.807) is 37.8 Å². The van der Waals surface area contributed by atoms with Crippen molar-refractivity contribution in [2.45, 2.75) is 45.1 Å². The number of anilines is 1. The van der Waals surface area contributed by atoms with E-state index in [0.717, 1.165) is 11.3 Å². The monoisotopic (exact) mass is 374 g/mol. The molecule has 0 fully saturated rings. The molecular formula is C20H26N2O3S. The van der Waals surface area contributed by atoms with Crippen molar-refractivity contribution in [1.29, 1.82) is 0 Å². The number of carbonyl (C=O) groups excluding carboxylic acids is 1. The van der Waals surface area contributed by atoms with Gasteiger partial charge in [-0.3, -0.25) is 4.79 Å². The number of nitrogens with zero attached hydrogens (tertiary/aromatic N) is 1. The van der Waals surface area contributed by atoms with Crippen LogP contribution in [0.1, 0.15) is 43.6 Å². The SMILES string of the molecule is CCN(C(=O)c1ccc(S(=O)(=O)NC(C)(C)C)cc1)c1cccc(C)c1. The summed E-state index contributed by atoms with van der Waals surface area (Å²) in [7, 11) is -3.62. The van der Waals surface area contributed by atoms with E-state index in [-0.39, 0.29) is 10.8 Å². The molecule has 0 saturated heterocycles. The van der Waals surface area contributed by atoms with Crippen LogP contribution in [0.2, 0.25) is 0 Å². The molecule has 0 aliphatic heterocycles. The molecule has 0 radical (unpaired) electrons. The van der Waals surface area contributed by atoms with E-state index in [9.17, 15) is 13.2 Å². The molecule has 2 rings (SSSR count). The van der Waals surface area contributed by atoms with Gasteiger partial charge in [-0.25, -0.2) is 13.1 Å². The number of rotatable bonds is 5. The van der Waals surface area contributed by atoms with Gasteiger partial charge in [0.25, 0.3) is 5.91 Å². The summed E-state index contributed by atoms with van der Waals surface area (Å²) in [5, 5.41) is 0. The highest BCUT2D eigenvalue weighted by Crippen LogP contribution is 2.20. The van der Waals surface area contributed by atoms with Crippen molar-refractivity contribution in [2.75, 3.05) is 11.4 Å². The number of aryl methyl sites for hydroxylation is 1. The van der Waals surface area contributed by atoms with Crippen molar-refractivity contribution in [3.8, 4) is 0 Å². The summed E-state index contributed by atoms with van der Waals surface area (Å²) in [5.74, 6) is -0.161. The van der Waals surface area contributed by atoms with Gasteiger partial charge in [-0.2, -0.15) is 0 Å². The molecule has 0 saturated carbocycles. The summed E-state index contributed by atoms with van der Waals surface area (Å²) < 4.78 is 27.3. The fourth-order valence-electron chi connectivity index (χ4n) is 2.63. The summed E-state index contributed by atoms with van der Waals surface area (Å²) >= 11 is 0. The Labute approximate surface area is 156 Å². The minimum atomic E-state index is -3.62. The number of nitrogens with one attached hydrogen (secondary N) is 1. The van der Waals surface area contributed by atoms with Crippen LogP contribution >= 0.6 is 0 Å².